The number of rotatable bonds is 17. The molecule has 0 saturated carbocycles. The predicted octanol–water partition coefficient (Wildman–Crippen LogP) is 7.94. The zero-order valence-corrected chi connectivity index (χ0v) is 34.0. The van der Waals surface area contributed by atoms with Gasteiger partial charge in [-0.05, 0) is 58.9 Å². The summed E-state index contributed by atoms with van der Waals surface area (Å²) in [7, 11) is -3.97. The van der Waals surface area contributed by atoms with Crippen LogP contribution in [-0.4, -0.2) is 43.0 Å². The zero-order valence-electron chi connectivity index (χ0n) is 33.2. The average Bonchev–Trinajstić information content (AvgIpc) is 3.26. The lowest BCUT2D eigenvalue weighted by atomic mass is 9.99. The lowest BCUT2D eigenvalue weighted by Gasteiger charge is -2.38. The maximum Gasteiger partial charge on any atom is 0.241 e. The third kappa shape index (κ3) is 11.8. The number of amides is 1. The van der Waals surface area contributed by atoms with Crippen molar-refractivity contribution in [3.8, 4) is 0 Å². The first-order valence-corrected chi connectivity index (χ1v) is 21.5. The molecule has 0 aromatic heterocycles. The van der Waals surface area contributed by atoms with Crippen molar-refractivity contribution < 1.29 is 27.8 Å². The number of aliphatic hydroxyl groups excluding tert-OH is 1. The van der Waals surface area contributed by atoms with Gasteiger partial charge < -0.3 is 19.9 Å². The second-order valence-corrected chi connectivity index (χ2v) is 16.8. The molecule has 4 atom stereocenters. The topological polar surface area (TPSA) is 117 Å². The molecule has 59 heavy (non-hydrogen) atoms. The minimum Gasteiger partial charge on any atom is -0.392 e. The Labute approximate surface area is 347 Å². The molecule has 0 bridgehead atoms. The Bertz CT molecular complexity index is 2290. The lowest BCUT2D eigenvalue weighted by molar-refractivity contribution is -0.253. The summed E-state index contributed by atoms with van der Waals surface area (Å²) in [4.78, 5) is 16.2. The van der Waals surface area contributed by atoms with Gasteiger partial charge in [-0.25, -0.2) is 8.42 Å². The number of aliphatic hydroxyl groups is 1. The van der Waals surface area contributed by atoms with Crippen molar-refractivity contribution in [2.75, 3.05) is 6.54 Å². The zero-order chi connectivity index (χ0) is 41.0. The van der Waals surface area contributed by atoms with Crippen molar-refractivity contribution in [1.82, 2.24) is 14.9 Å². The van der Waals surface area contributed by atoms with Crippen molar-refractivity contribution in [3.05, 3.63) is 208 Å². The summed E-state index contributed by atoms with van der Waals surface area (Å²) in [6, 6.07) is 51.4. The molecule has 0 spiro atoms. The Morgan fingerprint density at radius 1 is 0.678 bits per heavy atom. The van der Waals surface area contributed by atoms with Gasteiger partial charge in [-0.15, -0.1) is 0 Å². The van der Waals surface area contributed by atoms with E-state index in [4.69, 9.17) is 9.47 Å². The van der Waals surface area contributed by atoms with E-state index < -0.39 is 28.3 Å². The number of carbonyl (C=O) groups is 1. The first-order chi connectivity index (χ1) is 28.7. The van der Waals surface area contributed by atoms with Gasteiger partial charge in [-0.3, -0.25) is 9.69 Å². The monoisotopic (exact) mass is 809 g/mol. The molecule has 3 N–H and O–H groups in total. The second kappa shape index (κ2) is 20.0. The van der Waals surface area contributed by atoms with Crippen LogP contribution in [0.5, 0.6) is 0 Å². The van der Waals surface area contributed by atoms with E-state index in [-0.39, 0.29) is 36.7 Å². The van der Waals surface area contributed by atoms with Crippen LogP contribution < -0.4 is 10.0 Å². The normalized spacial score (nSPS) is 17.4. The molecular formula is C49H51N3O6S. The van der Waals surface area contributed by atoms with Gasteiger partial charge in [0, 0.05) is 38.2 Å². The standard InChI is InChI=1S/C49H51N3O6S/c1-36-17-27-45(28-18-36)59(55,56)51-46(29-37-11-5-2-6-12-37)48(54)50-31-38-19-25-43(26-20-38)49-57-44(30-47(58-49)42-23-21-41(35-53)22-24-42)34-52(32-39-13-7-3-8-14-39)33-40-15-9-4-10-16-40/h2-28,44,46-47,49,51,53H,29-35H2,1H3,(H,50,54)/t44-,46-,47+,49+/m1/s1. The Hall–Kier alpha value is -5.46. The molecule has 6 aromatic carbocycles. The second-order valence-electron chi connectivity index (χ2n) is 15.1. The number of ether oxygens (including phenoxy) is 2. The smallest absolute Gasteiger partial charge is 0.241 e. The SMILES string of the molecule is Cc1ccc(S(=O)(=O)N[C@H](Cc2ccccc2)C(=O)NCc2ccc([C@H]3O[C@@H](CN(Cc4ccccc4)Cc4ccccc4)C[C@@H](c4ccc(CO)cc4)O3)cc2)cc1. The van der Waals surface area contributed by atoms with Crippen molar-refractivity contribution in [1.29, 1.82) is 0 Å². The highest BCUT2D eigenvalue weighted by Gasteiger charge is 2.33. The third-order valence-electron chi connectivity index (χ3n) is 10.5. The molecule has 0 aliphatic carbocycles. The lowest BCUT2D eigenvalue weighted by Crippen LogP contribution is -2.47. The summed E-state index contributed by atoms with van der Waals surface area (Å²) in [6.45, 7) is 4.25. The Balaban J connectivity index is 1.06. The number of sulfonamides is 1. The molecule has 1 heterocycles. The molecule has 1 fully saturated rings. The van der Waals surface area contributed by atoms with Crippen LogP contribution >= 0.6 is 0 Å². The van der Waals surface area contributed by atoms with Crippen LogP contribution in [0.15, 0.2) is 169 Å². The van der Waals surface area contributed by atoms with Crippen LogP contribution in [0.2, 0.25) is 0 Å². The third-order valence-corrected chi connectivity index (χ3v) is 12.0. The van der Waals surface area contributed by atoms with E-state index in [2.05, 4.69) is 63.5 Å². The van der Waals surface area contributed by atoms with Crippen LogP contribution in [0.4, 0.5) is 0 Å². The van der Waals surface area contributed by atoms with Crippen molar-refractivity contribution in [2.24, 2.45) is 0 Å². The molecule has 1 saturated heterocycles. The highest BCUT2D eigenvalue weighted by atomic mass is 32.2. The van der Waals surface area contributed by atoms with Gasteiger partial charge in [0.15, 0.2) is 6.29 Å². The summed E-state index contributed by atoms with van der Waals surface area (Å²) in [5, 5.41) is 12.6. The molecule has 1 aliphatic heterocycles. The Morgan fingerprint density at radius 3 is 1.80 bits per heavy atom. The highest BCUT2D eigenvalue weighted by molar-refractivity contribution is 7.89. The van der Waals surface area contributed by atoms with E-state index in [0.29, 0.717) is 13.0 Å². The molecule has 10 heteroatoms. The fourth-order valence-electron chi connectivity index (χ4n) is 7.30. The van der Waals surface area contributed by atoms with E-state index in [0.717, 1.165) is 46.5 Å². The van der Waals surface area contributed by atoms with Crippen LogP contribution in [0, 0.1) is 6.92 Å². The van der Waals surface area contributed by atoms with Crippen LogP contribution in [0.25, 0.3) is 0 Å². The van der Waals surface area contributed by atoms with Crippen LogP contribution in [0.3, 0.4) is 0 Å². The van der Waals surface area contributed by atoms with E-state index in [1.807, 2.05) is 97.9 Å². The molecular weight excluding hydrogens is 759 g/mol. The fraction of sp³-hybridized carbons (Fsp3) is 0.245. The molecule has 9 nitrogen and oxygen atoms in total. The summed E-state index contributed by atoms with van der Waals surface area (Å²) in [5.41, 5.74) is 7.74. The summed E-state index contributed by atoms with van der Waals surface area (Å²) >= 11 is 0. The minimum atomic E-state index is -3.97. The summed E-state index contributed by atoms with van der Waals surface area (Å²) in [5.74, 6) is -0.430. The number of nitrogens with one attached hydrogen (secondary N) is 2. The number of nitrogens with zero attached hydrogens (tertiary/aromatic N) is 1. The molecule has 1 aliphatic rings. The van der Waals surface area contributed by atoms with E-state index in [9.17, 15) is 18.3 Å². The Kier molecular flexibility index (Phi) is 14.1. The average molecular weight is 810 g/mol. The van der Waals surface area contributed by atoms with Gasteiger partial charge in [0.1, 0.15) is 6.04 Å². The summed E-state index contributed by atoms with van der Waals surface area (Å²) < 4.78 is 42.8. The van der Waals surface area contributed by atoms with Crippen molar-refractivity contribution in [3.63, 3.8) is 0 Å². The first kappa shape index (κ1) is 41.7. The number of carbonyl (C=O) groups excluding carboxylic acids is 1. The van der Waals surface area contributed by atoms with Crippen LogP contribution in [-0.2, 0) is 57.0 Å². The maximum absolute atomic E-state index is 13.7. The quantitative estimate of drug-likeness (QED) is 0.0857. The van der Waals surface area contributed by atoms with Gasteiger partial charge in [-0.2, -0.15) is 4.72 Å². The van der Waals surface area contributed by atoms with Gasteiger partial charge >= 0.3 is 0 Å². The summed E-state index contributed by atoms with van der Waals surface area (Å²) in [6.07, 6.45) is -0.219. The van der Waals surface area contributed by atoms with Gasteiger partial charge in [0.05, 0.1) is 23.7 Å². The molecule has 7 rings (SSSR count). The van der Waals surface area contributed by atoms with Crippen LogP contribution in [0.1, 0.15) is 63.3 Å². The number of hydrogen-bond donors (Lipinski definition) is 3. The van der Waals surface area contributed by atoms with Crippen molar-refractivity contribution in [2.45, 2.75) is 75.4 Å². The number of benzene rings is 6. The van der Waals surface area contributed by atoms with E-state index in [1.54, 1.807) is 24.3 Å². The van der Waals surface area contributed by atoms with E-state index in [1.165, 1.54) is 11.1 Å². The maximum atomic E-state index is 13.7. The Morgan fingerprint density at radius 2 is 1.22 bits per heavy atom. The van der Waals surface area contributed by atoms with Gasteiger partial charge in [0.25, 0.3) is 0 Å². The van der Waals surface area contributed by atoms with E-state index >= 15 is 0 Å². The minimum absolute atomic E-state index is 0.0301. The molecule has 304 valence electrons. The number of aryl methyl sites for hydroxylation is 1. The fourth-order valence-corrected chi connectivity index (χ4v) is 8.50. The molecule has 1 amide bonds. The molecule has 6 aromatic rings. The van der Waals surface area contributed by atoms with Gasteiger partial charge in [0.2, 0.25) is 15.9 Å². The predicted molar refractivity (Wildman–Crippen MR) is 229 cm³/mol. The largest absolute Gasteiger partial charge is 0.392 e. The molecule has 0 unspecified atom stereocenters. The number of hydrogen-bond acceptors (Lipinski definition) is 7. The highest BCUT2D eigenvalue weighted by Crippen LogP contribution is 2.38. The van der Waals surface area contributed by atoms with Gasteiger partial charge in [-0.1, -0.05) is 157 Å². The van der Waals surface area contributed by atoms with Crippen molar-refractivity contribution >= 4 is 15.9 Å². The molecule has 0 radical (unpaired) electrons. The first-order valence-electron chi connectivity index (χ1n) is 20.0.